The summed E-state index contributed by atoms with van der Waals surface area (Å²) in [7, 11) is -3.69. The number of benzene rings is 2. The molecular weight excluding hydrogens is 357 g/mol. The highest BCUT2D eigenvalue weighted by atomic mass is 35.5. The maximum absolute atomic E-state index is 12.9. The number of nitrogens with two attached hydrogens (primary N) is 1. The van der Waals surface area contributed by atoms with Gasteiger partial charge in [-0.25, -0.2) is 8.42 Å². The Morgan fingerprint density at radius 3 is 1.96 bits per heavy atom. The average molecular weight is 372 g/mol. The first-order valence-corrected chi connectivity index (χ1v) is 9.25. The largest absolute Gasteiger partial charge is 0.394 e. The summed E-state index contributed by atoms with van der Waals surface area (Å²) in [5, 5.41) is 9.76. The number of aliphatic hydroxyl groups excluding tert-OH is 1. The topological polar surface area (TPSA) is 80.4 Å². The van der Waals surface area contributed by atoms with Gasteiger partial charge in [-0.3, -0.25) is 0 Å². The number of hydrogen-bond acceptors (Lipinski definition) is 4. The lowest BCUT2D eigenvalue weighted by molar-refractivity contribution is 0.253. The third-order valence-corrected chi connectivity index (χ3v) is 7.09. The maximum atomic E-state index is 12.9. The third kappa shape index (κ3) is 2.77. The predicted molar refractivity (Wildman–Crippen MR) is 90.6 cm³/mol. The molecule has 3 atom stereocenters. The molecule has 1 saturated carbocycles. The zero-order valence-corrected chi connectivity index (χ0v) is 14.3. The minimum Gasteiger partial charge on any atom is -0.394 e. The van der Waals surface area contributed by atoms with E-state index >= 15 is 0 Å². The van der Waals surface area contributed by atoms with Crippen molar-refractivity contribution in [3.8, 4) is 0 Å². The van der Waals surface area contributed by atoms with Gasteiger partial charge in [-0.15, -0.1) is 0 Å². The van der Waals surface area contributed by atoms with Gasteiger partial charge >= 0.3 is 0 Å². The summed E-state index contributed by atoms with van der Waals surface area (Å²) in [5.41, 5.74) is 5.71. The number of sulfone groups is 1. The SMILES string of the molecule is N[C@@]1(CO)[C@H](S(=O)(=O)c2ccc(Cl)cc2)[C@@H]1c1ccc(Cl)cc1. The van der Waals surface area contributed by atoms with Crippen LogP contribution in [0.1, 0.15) is 11.5 Å². The van der Waals surface area contributed by atoms with E-state index in [1.165, 1.54) is 24.3 Å². The van der Waals surface area contributed by atoms with Crippen LogP contribution in [0.3, 0.4) is 0 Å². The molecule has 7 heteroatoms. The molecule has 23 heavy (non-hydrogen) atoms. The van der Waals surface area contributed by atoms with Crippen LogP contribution in [0, 0.1) is 0 Å². The summed E-state index contributed by atoms with van der Waals surface area (Å²) in [6, 6.07) is 12.8. The van der Waals surface area contributed by atoms with Gasteiger partial charge in [0.05, 0.1) is 22.3 Å². The molecule has 0 radical (unpaired) electrons. The molecule has 0 saturated heterocycles. The van der Waals surface area contributed by atoms with Crippen LogP contribution in [-0.4, -0.2) is 30.9 Å². The van der Waals surface area contributed by atoms with Gasteiger partial charge < -0.3 is 10.8 Å². The van der Waals surface area contributed by atoms with Gasteiger partial charge in [-0.2, -0.15) is 0 Å². The molecule has 0 bridgehead atoms. The fourth-order valence-electron chi connectivity index (χ4n) is 3.01. The number of hydrogen-bond donors (Lipinski definition) is 2. The van der Waals surface area contributed by atoms with E-state index in [0.29, 0.717) is 10.0 Å². The molecule has 0 aliphatic heterocycles. The van der Waals surface area contributed by atoms with Crippen molar-refractivity contribution < 1.29 is 13.5 Å². The van der Waals surface area contributed by atoms with Crippen LogP contribution in [0.4, 0.5) is 0 Å². The van der Waals surface area contributed by atoms with Crippen molar-refractivity contribution >= 4 is 33.0 Å². The van der Waals surface area contributed by atoms with Gasteiger partial charge in [0.1, 0.15) is 0 Å². The molecular formula is C16H15Cl2NO3S. The van der Waals surface area contributed by atoms with E-state index < -0.39 is 33.2 Å². The molecule has 0 unspecified atom stereocenters. The maximum Gasteiger partial charge on any atom is 0.183 e. The molecule has 0 heterocycles. The van der Waals surface area contributed by atoms with Crippen molar-refractivity contribution in [3.63, 3.8) is 0 Å². The molecule has 1 fully saturated rings. The van der Waals surface area contributed by atoms with E-state index in [1.54, 1.807) is 24.3 Å². The van der Waals surface area contributed by atoms with E-state index in [1.807, 2.05) is 0 Å². The highest BCUT2D eigenvalue weighted by Crippen LogP contribution is 2.55. The molecule has 3 rings (SSSR count). The highest BCUT2D eigenvalue weighted by molar-refractivity contribution is 7.92. The quantitative estimate of drug-likeness (QED) is 0.865. The van der Waals surface area contributed by atoms with Crippen LogP contribution in [0.2, 0.25) is 10.0 Å². The summed E-state index contributed by atoms with van der Waals surface area (Å²) in [6.07, 6.45) is 0. The summed E-state index contributed by atoms with van der Waals surface area (Å²) >= 11 is 11.7. The van der Waals surface area contributed by atoms with Crippen LogP contribution >= 0.6 is 23.2 Å². The predicted octanol–water partition coefficient (Wildman–Crippen LogP) is 2.62. The summed E-state index contributed by atoms with van der Waals surface area (Å²) in [4.78, 5) is 0.145. The molecule has 0 aromatic heterocycles. The Labute approximate surface area is 144 Å². The number of aliphatic hydroxyl groups is 1. The molecule has 4 nitrogen and oxygen atoms in total. The van der Waals surface area contributed by atoms with Crippen LogP contribution in [-0.2, 0) is 9.84 Å². The Bertz CT molecular complexity index is 821. The monoisotopic (exact) mass is 371 g/mol. The first-order chi connectivity index (χ1) is 10.8. The van der Waals surface area contributed by atoms with Gasteiger partial charge in [-0.1, -0.05) is 35.3 Å². The van der Waals surface area contributed by atoms with Crippen LogP contribution in [0.5, 0.6) is 0 Å². The second kappa shape index (κ2) is 5.76. The summed E-state index contributed by atoms with van der Waals surface area (Å²) < 4.78 is 25.7. The lowest BCUT2D eigenvalue weighted by Crippen LogP contribution is -2.35. The molecule has 0 amide bonds. The second-order valence-electron chi connectivity index (χ2n) is 5.72. The van der Waals surface area contributed by atoms with Crippen LogP contribution < -0.4 is 5.73 Å². The van der Waals surface area contributed by atoms with Crippen LogP contribution in [0.25, 0.3) is 0 Å². The summed E-state index contributed by atoms with van der Waals surface area (Å²) in [5.74, 6) is -0.481. The first-order valence-electron chi connectivity index (χ1n) is 6.95. The Hall–Kier alpha value is -1.11. The van der Waals surface area contributed by atoms with Crippen molar-refractivity contribution in [1.82, 2.24) is 0 Å². The van der Waals surface area contributed by atoms with Gasteiger partial charge in [0.2, 0.25) is 0 Å². The highest BCUT2D eigenvalue weighted by Gasteiger charge is 2.69. The van der Waals surface area contributed by atoms with Crippen LogP contribution in [0.15, 0.2) is 53.4 Å². The standard InChI is InChI=1S/C16H15Cl2NO3S/c17-11-3-1-10(2-4-11)14-15(16(14,19)9-20)23(21,22)13-7-5-12(18)6-8-13/h1-8,14-15,20H,9,19H2/t14-,15+,16+/m0/s1. The first kappa shape index (κ1) is 16.7. The number of halogens is 2. The molecule has 2 aromatic carbocycles. The Morgan fingerprint density at radius 1 is 1.00 bits per heavy atom. The second-order valence-corrected chi connectivity index (χ2v) is 8.66. The Balaban J connectivity index is 2.01. The minimum atomic E-state index is -3.69. The van der Waals surface area contributed by atoms with E-state index in [4.69, 9.17) is 28.9 Å². The van der Waals surface area contributed by atoms with Gasteiger partial charge in [-0.05, 0) is 42.0 Å². The molecule has 1 aliphatic carbocycles. The average Bonchev–Trinajstić information content (AvgIpc) is 3.16. The van der Waals surface area contributed by atoms with Gasteiger partial charge in [0.25, 0.3) is 0 Å². The fraction of sp³-hybridized carbons (Fsp3) is 0.250. The molecule has 1 aliphatic rings. The normalized spacial score (nSPS) is 27.0. The van der Waals surface area contributed by atoms with Crippen molar-refractivity contribution in [2.75, 3.05) is 6.61 Å². The van der Waals surface area contributed by atoms with E-state index in [0.717, 1.165) is 5.56 Å². The van der Waals surface area contributed by atoms with E-state index in [2.05, 4.69) is 0 Å². The molecule has 2 aromatic rings. The van der Waals surface area contributed by atoms with E-state index in [9.17, 15) is 13.5 Å². The van der Waals surface area contributed by atoms with Crippen molar-refractivity contribution in [1.29, 1.82) is 0 Å². The lowest BCUT2D eigenvalue weighted by atomic mass is 10.1. The van der Waals surface area contributed by atoms with Gasteiger partial charge in [0, 0.05) is 16.0 Å². The lowest BCUT2D eigenvalue weighted by Gasteiger charge is -2.08. The van der Waals surface area contributed by atoms with Crippen molar-refractivity contribution in [2.45, 2.75) is 21.6 Å². The molecule has 0 spiro atoms. The van der Waals surface area contributed by atoms with E-state index in [-0.39, 0.29) is 4.90 Å². The van der Waals surface area contributed by atoms with Crippen molar-refractivity contribution in [2.24, 2.45) is 5.73 Å². The Kier molecular flexibility index (Phi) is 4.19. The number of rotatable bonds is 4. The third-order valence-electron chi connectivity index (χ3n) is 4.28. The molecule has 122 valence electrons. The summed E-state index contributed by atoms with van der Waals surface area (Å²) in [6.45, 7) is -0.419. The smallest absolute Gasteiger partial charge is 0.183 e. The van der Waals surface area contributed by atoms with Gasteiger partial charge in [0.15, 0.2) is 9.84 Å². The zero-order chi connectivity index (χ0) is 16.8. The zero-order valence-electron chi connectivity index (χ0n) is 12.0. The van der Waals surface area contributed by atoms with Crippen molar-refractivity contribution in [3.05, 3.63) is 64.1 Å². The fourth-order valence-corrected chi connectivity index (χ4v) is 5.56. The minimum absolute atomic E-state index is 0.145. The Morgan fingerprint density at radius 2 is 1.48 bits per heavy atom. The molecule has 3 N–H and O–H groups in total.